The van der Waals surface area contributed by atoms with E-state index in [0.717, 1.165) is 10.8 Å². The highest BCUT2D eigenvalue weighted by atomic mass is 16.3. The second-order valence-corrected chi connectivity index (χ2v) is 5.72. The molecule has 5 heteroatoms. The van der Waals surface area contributed by atoms with E-state index in [1.165, 1.54) is 0 Å². The van der Waals surface area contributed by atoms with Crippen molar-refractivity contribution in [2.45, 2.75) is 0 Å². The number of fused-ring (bicyclic) bond motifs is 2. The van der Waals surface area contributed by atoms with Crippen molar-refractivity contribution in [3.8, 4) is 11.5 Å². The summed E-state index contributed by atoms with van der Waals surface area (Å²) in [7, 11) is 0. The highest BCUT2D eigenvalue weighted by Gasteiger charge is 2.09. The summed E-state index contributed by atoms with van der Waals surface area (Å²) in [6.07, 6.45) is 0. The van der Waals surface area contributed by atoms with Gasteiger partial charge in [-0.25, -0.2) is 0 Å². The largest absolute Gasteiger partial charge is 0.507 e. The zero-order chi connectivity index (χ0) is 17.4. The fraction of sp³-hybridized carbons (Fsp3) is 0. The summed E-state index contributed by atoms with van der Waals surface area (Å²) in [4.78, 5) is 0. The molecule has 25 heavy (non-hydrogen) atoms. The summed E-state index contributed by atoms with van der Waals surface area (Å²) in [6, 6.07) is 19.4. The van der Waals surface area contributed by atoms with Gasteiger partial charge < -0.3 is 15.9 Å². The lowest BCUT2D eigenvalue weighted by molar-refractivity contribution is 0.481. The van der Waals surface area contributed by atoms with E-state index < -0.39 is 0 Å². The summed E-state index contributed by atoms with van der Waals surface area (Å²) in [6.45, 7) is 0. The summed E-state index contributed by atoms with van der Waals surface area (Å²) in [5.74, 6) is 0.305. The Balaban J connectivity index is 1.88. The van der Waals surface area contributed by atoms with Crippen LogP contribution in [0.5, 0.6) is 11.5 Å². The minimum atomic E-state index is 0.106. The zero-order valence-electron chi connectivity index (χ0n) is 13.2. The second-order valence-electron chi connectivity index (χ2n) is 5.72. The molecule has 0 fully saturated rings. The Kier molecular flexibility index (Phi) is 3.47. The van der Waals surface area contributed by atoms with Crippen LogP contribution in [0.2, 0.25) is 0 Å². The average molecular weight is 329 g/mol. The van der Waals surface area contributed by atoms with E-state index in [1.54, 1.807) is 36.4 Å². The topological polar surface area (TPSA) is 91.2 Å². The number of nitrogen functional groups attached to an aromatic ring is 1. The normalized spacial score (nSPS) is 11.5. The van der Waals surface area contributed by atoms with Crippen LogP contribution in [0, 0.1) is 0 Å². The molecule has 4 rings (SSSR count). The lowest BCUT2D eigenvalue weighted by Crippen LogP contribution is -1.86. The third kappa shape index (κ3) is 2.52. The van der Waals surface area contributed by atoms with Crippen molar-refractivity contribution < 1.29 is 10.2 Å². The van der Waals surface area contributed by atoms with Crippen molar-refractivity contribution in [2.24, 2.45) is 10.2 Å². The molecular formula is C20H15N3O2. The number of azo groups is 1. The molecule has 4 aromatic carbocycles. The van der Waals surface area contributed by atoms with Gasteiger partial charge in [-0.3, -0.25) is 0 Å². The molecule has 5 nitrogen and oxygen atoms in total. The van der Waals surface area contributed by atoms with Crippen molar-refractivity contribution >= 4 is 38.6 Å². The Morgan fingerprint density at radius 3 is 2.08 bits per heavy atom. The lowest BCUT2D eigenvalue weighted by atomic mass is 10.1. The molecule has 122 valence electrons. The molecule has 0 aliphatic carbocycles. The van der Waals surface area contributed by atoms with Gasteiger partial charge in [-0.1, -0.05) is 36.4 Å². The maximum absolute atomic E-state index is 10.2. The Hall–Kier alpha value is -3.60. The fourth-order valence-corrected chi connectivity index (χ4v) is 2.95. The van der Waals surface area contributed by atoms with Gasteiger partial charge >= 0.3 is 0 Å². The van der Waals surface area contributed by atoms with Gasteiger partial charge in [0.15, 0.2) is 0 Å². The predicted octanol–water partition coefficient (Wildman–Crippen LogP) is 5.40. The molecule has 0 aliphatic heterocycles. The highest BCUT2D eigenvalue weighted by Crippen LogP contribution is 2.38. The molecule has 0 unspecified atom stereocenters. The summed E-state index contributed by atoms with van der Waals surface area (Å²) < 4.78 is 0. The first-order chi connectivity index (χ1) is 12.1. The van der Waals surface area contributed by atoms with E-state index in [2.05, 4.69) is 10.2 Å². The Labute approximate surface area is 143 Å². The van der Waals surface area contributed by atoms with Crippen molar-refractivity contribution in [1.29, 1.82) is 0 Å². The van der Waals surface area contributed by atoms with E-state index in [-0.39, 0.29) is 11.5 Å². The molecule has 0 saturated heterocycles. The fourth-order valence-electron chi connectivity index (χ4n) is 2.95. The standard InChI is InChI=1S/C20H15N3O2/c21-15-10-11-17(20-14(15)6-3-9-19(20)25)23-22-16-7-1-5-13-12(16)4-2-8-18(13)24/h1-11,24-25H,21H2. The van der Waals surface area contributed by atoms with Crippen LogP contribution in [0.15, 0.2) is 77.0 Å². The van der Waals surface area contributed by atoms with Crippen LogP contribution in [0.4, 0.5) is 17.1 Å². The molecule has 4 N–H and O–H groups in total. The lowest BCUT2D eigenvalue weighted by Gasteiger charge is -2.07. The summed E-state index contributed by atoms with van der Waals surface area (Å²) in [5, 5.41) is 31.6. The Morgan fingerprint density at radius 1 is 0.600 bits per heavy atom. The first-order valence-electron chi connectivity index (χ1n) is 7.78. The van der Waals surface area contributed by atoms with Crippen LogP contribution in [-0.2, 0) is 0 Å². The average Bonchev–Trinajstić information content (AvgIpc) is 2.62. The zero-order valence-corrected chi connectivity index (χ0v) is 13.2. The van der Waals surface area contributed by atoms with E-state index in [9.17, 15) is 10.2 Å². The monoisotopic (exact) mass is 329 g/mol. The smallest absolute Gasteiger partial charge is 0.125 e. The Bertz CT molecular complexity index is 1140. The quantitative estimate of drug-likeness (QED) is 0.339. The van der Waals surface area contributed by atoms with E-state index >= 15 is 0 Å². The number of benzene rings is 4. The Morgan fingerprint density at radius 2 is 1.24 bits per heavy atom. The molecule has 0 spiro atoms. The van der Waals surface area contributed by atoms with E-state index in [1.807, 2.05) is 30.3 Å². The van der Waals surface area contributed by atoms with Gasteiger partial charge in [0.25, 0.3) is 0 Å². The predicted molar refractivity (Wildman–Crippen MR) is 99.8 cm³/mol. The number of hydrogen-bond acceptors (Lipinski definition) is 5. The van der Waals surface area contributed by atoms with Crippen molar-refractivity contribution in [2.75, 3.05) is 5.73 Å². The maximum atomic E-state index is 10.2. The number of phenols is 2. The maximum Gasteiger partial charge on any atom is 0.125 e. The number of nitrogens with zero attached hydrogens (tertiary/aromatic N) is 2. The van der Waals surface area contributed by atoms with Gasteiger partial charge in [0, 0.05) is 21.8 Å². The van der Waals surface area contributed by atoms with Gasteiger partial charge in [0.05, 0.1) is 16.8 Å². The first kappa shape index (κ1) is 15.0. The van der Waals surface area contributed by atoms with Crippen LogP contribution in [0.25, 0.3) is 21.5 Å². The minimum Gasteiger partial charge on any atom is -0.507 e. The van der Waals surface area contributed by atoms with Crippen LogP contribution in [0.1, 0.15) is 0 Å². The molecule has 4 aromatic rings. The SMILES string of the molecule is Nc1ccc(N=Nc2cccc3c(O)cccc23)c2c(O)cccc12. The molecule has 0 heterocycles. The third-order valence-corrected chi connectivity index (χ3v) is 4.17. The third-order valence-electron chi connectivity index (χ3n) is 4.17. The summed E-state index contributed by atoms with van der Waals surface area (Å²) in [5.41, 5.74) is 7.71. The van der Waals surface area contributed by atoms with Gasteiger partial charge in [0.2, 0.25) is 0 Å². The molecular weight excluding hydrogens is 314 g/mol. The van der Waals surface area contributed by atoms with Gasteiger partial charge in [-0.2, -0.15) is 0 Å². The van der Waals surface area contributed by atoms with Gasteiger partial charge in [-0.05, 0) is 30.3 Å². The van der Waals surface area contributed by atoms with Gasteiger partial charge in [0.1, 0.15) is 11.5 Å². The highest BCUT2D eigenvalue weighted by molar-refractivity contribution is 6.03. The molecule has 0 atom stereocenters. The van der Waals surface area contributed by atoms with Crippen molar-refractivity contribution in [3.63, 3.8) is 0 Å². The molecule has 0 bridgehead atoms. The van der Waals surface area contributed by atoms with Crippen molar-refractivity contribution in [1.82, 2.24) is 0 Å². The molecule has 0 aromatic heterocycles. The van der Waals surface area contributed by atoms with Crippen LogP contribution in [-0.4, -0.2) is 10.2 Å². The summed E-state index contributed by atoms with van der Waals surface area (Å²) >= 11 is 0. The van der Waals surface area contributed by atoms with Crippen molar-refractivity contribution in [3.05, 3.63) is 66.7 Å². The molecule has 0 saturated carbocycles. The number of anilines is 1. The number of rotatable bonds is 2. The second kappa shape index (κ2) is 5.79. The number of hydrogen-bond donors (Lipinski definition) is 3. The van der Waals surface area contributed by atoms with Crippen LogP contribution < -0.4 is 5.73 Å². The number of aromatic hydroxyl groups is 2. The minimum absolute atomic E-state index is 0.106. The number of nitrogens with two attached hydrogens (primary N) is 1. The van der Waals surface area contributed by atoms with E-state index in [4.69, 9.17) is 5.73 Å². The van der Waals surface area contributed by atoms with Crippen LogP contribution >= 0.6 is 0 Å². The molecule has 0 amide bonds. The van der Waals surface area contributed by atoms with Crippen LogP contribution in [0.3, 0.4) is 0 Å². The van der Waals surface area contributed by atoms with E-state index in [0.29, 0.717) is 27.8 Å². The molecule has 0 radical (unpaired) electrons. The molecule has 0 aliphatic rings. The van der Waals surface area contributed by atoms with Gasteiger partial charge in [-0.15, -0.1) is 10.2 Å². The number of phenolic OH excluding ortho intramolecular Hbond substituents is 2. The first-order valence-corrected chi connectivity index (χ1v) is 7.78.